The molecule has 0 aromatic heterocycles. The lowest BCUT2D eigenvalue weighted by Crippen LogP contribution is -2.28. The van der Waals surface area contributed by atoms with Gasteiger partial charge in [0.1, 0.15) is 6.10 Å². The van der Waals surface area contributed by atoms with Crippen LogP contribution in [0.2, 0.25) is 0 Å². The van der Waals surface area contributed by atoms with Crippen molar-refractivity contribution in [2.45, 2.75) is 64.9 Å². The summed E-state index contributed by atoms with van der Waals surface area (Å²) in [4.78, 5) is 22.3. The minimum atomic E-state index is -0.721. The van der Waals surface area contributed by atoms with Gasteiger partial charge in [-0.1, -0.05) is 39.0 Å². The summed E-state index contributed by atoms with van der Waals surface area (Å²) in [6, 6.07) is -0.721. The molecule has 0 radical (unpaired) electrons. The van der Waals surface area contributed by atoms with Crippen molar-refractivity contribution in [1.29, 1.82) is 0 Å². The maximum Gasteiger partial charge on any atom is 0.332 e. The number of unbranched alkanes of at least 4 members (excludes halogenated alkanes) is 4. The van der Waals surface area contributed by atoms with Crippen molar-refractivity contribution in [2.75, 3.05) is 0 Å². The first-order valence-electron chi connectivity index (χ1n) is 7.34. The van der Waals surface area contributed by atoms with E-state index in [1.807, 2.05) is 0 Å². The van der Waals surface area contributed by atoms with Crippen LogP contribution in [0.1, 0.15) is 58.8 Å². The summed E-state index contributed by atoms with van der Waals surface area (Å²) in [6.07, 6.45) is 7.09. The van der Waals surface area contributed by atoms with E-state index in [0.717, 1.165) is 12.8 Å². The van der Waals surface area contributed by atoms with Crippen LogP contribution in [0.25, 0.3) is 0 Å². The zero-order chi connectivity index (χ0) is 15.0. The van der Waals surface area contributed by atoms with Gasteiger partial charge in [-0.3, -0.25) is 4.79 Å². The number of urea groups is 1. The third-order valence-electron chi connectivity index (χ3n) is 3.55. The number of hydrogen-bond donors (Lipinski definition) is 2. The summed E-state index contributed by atoms with van der Waals surface area (Å²) in [5.74, 6) is -0.195. The number of esters is 1. The number of rotatable bonds is 8. The Bertz CT molecular complexity index is 369. The highest BCUT2D eigenvalue weighted by molar-refractivity contribution is 5.91. The Morgan fingerprint density at radius 1 is 1.40 bits per heavy atom. The fourth-order valence-electron chi connectivity index (χ4n) is 2.34. The van der Waals surface area contributed by atoms with Gasteiger partial charge in [-0.05, 0) is 13.3 Å². The summed E-state index contributed by atoms with van der Waals surface area (Å²) >= 11 is 0. The molecule has 0 spiro atoms. The van der Waals surface area contributed by atoms with Crippen molar-refractivity contribution in [1.82, 2.24) is 5.43 Å². The van der Waals surface area contributed by atoms with Crippen molar-refractivity contribution in [3.63, 3.8) is 0 Å². The van der Waals surface area contributed by atoms with E-state index in [0.29, 0.717) is 12.1 Å². The van der Waals surface area contributed by atoms with E-state index in [9.17, 15) is 9.59 Å². The second-order valence-corrected chi connectivity index (χ2v) is 5.29. The van der Waals surface area contributed by atoms with Gasteiger partial charge in [0.15, 0.2) is 0 Å². The summed E-state index contributed by atoms with van der Waals surface area (Å²) in [6.45, 7) is 3.90. The Balaban J connectivity index is 2.33. The highest BCUT2D eigenvalue weighted by atomic mass is 16.6. The van der Waals surface area contributed by atoms with E-state index in [-0.39, 0.29) is 18.0 Å². The van der Waals surface area contributed by atoms with Crippen LogP contribution in [0, 0.1) is 5.92 Å². The number of nitrogens with one attached hydrogen (secondary N) is 1. The van der Waals surface area contributed by atoms with Gasteiger partial charge < -0.3 is 10.5 Å². The first kappa shape index (κ1) is 16.5. The summed E-state index contributed by atoms with van der Waals surface area (Å²) in [7, 11) is 0. The van der Waals surface area contributed by atoms with Crippen LogP contribution < -0.4 is 11.2 Å². The first-order chi connectivity index (χ1) is 9.54. The van der Waals surface area contributed by atoms with Crippen LogP contribution in [0.15, 0.2) is 5.10 Å². The van der Waals surface area contributed by atoms with Crippen LogP contribution in [-0.2, 0) is 9.53 Å². The Hall–Kier alpha value is -1.59. The van der Waals surface area contributed by atoms with Crippen LogP contribution in [0.4, 0.5) is 4.79 Å². The lowest BCUT2D eigenvalue weighted by molar-refractivity contribution is -0.142. The van der Waals surface area contributed by atoms with Gasteiger partial charge in [0, 0.05) is 6.42 Å². The number of ether oxygens (including phenoxy) is 1. The van der Waals surface area contributed by atoms with Crippen LogP contribution in [0.3, 0.4) is 0 Å². The minimum absolute atomic E-state index is 0.0413. The zero-order valence-corrected chi connectivity index (χ0v) is 12.4. The smallest absolute Gasteiger partial charge is 0.332 e. The van der Waals surface area contributed by atoms with Gasteiger partial charge >= 0.3 is 12.0 Å². The molecule has 1 aliphatic heterocycles. The fraction of sp³-hybridized carbons (Fsp3) is 0.786. The van der Waals surface area contributed by atoms with Crippen molar-refractivity contribution in [2.24, 2.45) is 16.8 Å². The van der Waals surface area contributed by atoms with Gasteiger partial charge in [0.05, 0.1) is 11.6 Å². The maximum absolute atomic E-state index is 11.8. The van der Waals surface area contributed by atoms with Crippen molar-refractivity contribution in [3.05, 3.63) is 0 Å². The van der Waals surface area contributed by atoms with Crippen molar-refractivity contribution in [3.8, 4) is 0 Å². The van der Waals surface area contributed by atoms with Crippen molar-refractivity contribution < 1.29 is 14.3 Å². The van der Waals surface area contributed by atoms with E-state index in [4.69, 9.17) is 10.5 Å². The monoisotopic (exact) mass is 283 g/mol. The molecular weight excluding hydrogens is 258 g/mol. The normalized spacial score (nSPS) is 22.7. The van der Waals surface area contributed by atoms with E-state index in [1.54, 1.807) is 6.92 Å². The molecule has 0 aromatic rings. The molecule has 0 unspecified atom stereocenters. The first-order valence-corrected chi connectivity index (χ1v) is 7.34. The Kier molecular flexibility index (Phi) is 7.04. The molecule has 20 heavy (non-hydrogen) atoms. The SMILES string of the molecule is CCCCCCC[C@H]1C[C@H](/C(C)=N\NC(N)=O)OC1=O. The van der Waals surface area contributed by atoms with Crippen LogP contribution in [0.5, 0.6) is 0 Å². The molecule has 0 saturated carbocycles. The summed E-state index contributed by atoms with van der Waals surface area (Å²) < 4.78 is 5.28. The molecule has 114 valence electrons. The summed E-state index contributed by atoms with van der Waals surface area (Å²) in [5.41, 5.74) is 7.66. The Morgan fingerprint density at radius 2 is 2.10 bits per heavy atom. The van der Waals surface area contributed by atoms with Crippen molar-refractivity contribution >= 4 is 17.7 Å². The molecule has 6 nitrogen and oxygen atoms in total. The molecule has 3 N–H and O–H groups in total. The number of hydrazone groups is 1. The van der Waals surface area contributed by atoms with E-state index < -0.39 is 6.03 Å². The largest absolute Gasteiger partial charge is 0.456 e. The molecule has 6 heteroatoms. The van der Waals surface area contributed by atoms with Gasteiger partial charge in [-0.15, -0.1) is 0 Å². The molecule has 0 aliphatic carbocycles. The number of carbonyl (C=O) groups is 2. The maximum atomic E-state index is 11.8. The van der Waals surface area contributed by atoms with Gasteiger partial charge in [-0.25, -0.2) is 10.2 Å². The van der Waals surface area contributed by atoms with Gasteiger partial charge in [0.2, 0.25) is 0 Å². The Morgan fingerprint density at radius 3 is 2.75 bits per heavy atom. The molecule has 2 atom stereocenters. The fourth-order valence-corrected chi connectivity index (χ4v) is 2.34. The second kappa shape index (κ2) is 8.55. The number of carbonyl (C=O) groups excluding carboxylic acids is 2. The van der Waals surface area contributed by atoms with E-state index in [2.05, 4.69) is 17.5 Å². The second-order valence-electron chi connectivity index (χ2n) is 5.29. The van der Waals surface area contributed by atoms with E-state index >= 15 is 0 Å². The number of hydrogen-bond acceptors (Lipinski definition) is 4. The van der Waals surface area contributed by atoms with Crippen LogP contribution >= 0.6 is 0 Å². The average Bonchev–Trinajstić information content (AvgIpc) is 2.77. The third kappa shape index (κ3) is 5.59. The molecule has 1 saturated heterocycles. The lowest BCUT2D eigenvalue weighted by atomic mass is 9.96. The highest BCUT2D eigenvalue weighted by Crippen LogP contribution is 2.27. The van der Waals surface area contributed by atoms with Gasteiger partial charge in [0.25, 0.3) is 0 Å². The molecule has 1 aliphatic rings. The topological polar surface area (TPSA) is 93.8 Å². The number of nitrogens with zero attached hydrogens (tertiary/aromatic N) is 1. The predicted molar refractivity (Wildman–Crippen MR) is 77.2 cm³/mol. The molecular formula is C14H25N3O3. The average molecular weight is 283 g/mol. The van der Waals surface area contributed by atoms with Gasteiger partial charge in [-0.2, -0.15) is 5.10 Å². The predicted octanol–water partition coefficient (Wildman–Crippen LogP) is 2.32. The molecule has 1 heterocycles. The lowest BCUT2D eigenvalue weighted by Gasteiger charge is -2.07. The van der Waals surface area contributed by atoms with E-state index in [1.165, 1.54) is 25.7 Å². The number of cyclic esters (lactones) is 1. The number of amides is 2. The highest BCUT2D eigenvalue weighted by Gasteiger charge is 2.35. The molecule has 0 aromatic carbocycles. The number of nitrogens with two attached hydrogens (primary N) is 1. The number of primary amides is 1. The Labute approximate surface area is 120 Å². The standard InChI is InChI=1S/C14H25N3O3/c1-3-4-5-6-7-8-11-9-12(20-13(11)18)10(2)16-17-14(15)19/h11-12H,3-9H2,1-2H3,(H3,15,17,19)/b16-10-/t11-,12+/m0/s1. The zero-order valence-electron chi connectivity index (χ0n) is 12.4. The molecule has 2 amide bonds. The third-order valence-corrected chi connectivity index (χ3v) is 3.55. The van der Waals surface area contributed by atoms with Crippen LogP contribution in [-0.4, -0.2) is 23.8 Å². The molecule has 1 fully saturated rings. The minimum Gasteiger partial charge on any atom is -0.456 e. The quantitative estimate of drug-likeness (QED) is 0.310. The summed E-state index contributed by atoms with van der Waals surface area (Å²) in [5, 5.41) is 3.81. The molecule has 1 rings (SSSR count). The molecule has 0 bridgehead atoms.